The summed E-state index contributed by atoms with van der Waals surface area (Å²) in [5.41, 5.74) is 3.41. The Morgan fingerprint density at radius 3 is 2.56 bits per heavy atom. The third-order valence-electron chi connectivity index (χ3n) is 5.50. The molecule has 1 heterocycles. The molecule has 168 valence electrons. The fourth-order valence-electron chi connectivity index (χ4n) is 3.92. The molecule has 32 heavy (non-hydrogen) atoms. The third-order valence-corrected chi connectivity index (χ3v) is 5.50. The summed E-state index contributed by atoms with van der Waals surface area (Å²) in [6.07, 6.45) is 0.0381. The Balaban J connectivity index is 2.04. The van der Waals surface area contributed by atoms with Crippen molar-refractivity contribution in [3.05, 3.63) is 86.6 Å². The van der Waals surface area contributed by atoms with Crippen molar-refractivity contribution in [2.75, 3.05) is 6.61 Å². The Hall–Kier alpha value is -3.48. The topological polar surface area (TPSA) is 89.7 Å². The second-order valence-corrected chi connectivity index (χ2v) is 8.57. The third kappa shape index (κ3) is 5.22. The summed E-state index contributed by atoms with van der Waals surface area (Å²) in [6.45, 7) is 8.21. The number of nitro benzene ring substituents is 1. The Labute approximate surface area is 187 Å². The lowest BCUT2D eigenvalue weighted by molar-refractivity contribution is -0.384. The number of hydrogen-bond acceptors (Lipinski definition) is 5. The van der Waals surface area contributed by atoms with Crippen LogP contribution >= 0.6 is 0 Å². The van der Waals surface area contributed by atoms with Gasteiger partial charge < -0.3 is 9.64 Å². The Morgan fingerprint density at radius 2 is 1.91 bits per heavy atom. The van der Waals surface area contributed by atoms with Crippen molar-refractivity contribution in [2.24, 2.45) is 5.92 Å². The number of rotatable bonds is 7. The van der Waals surface area contributed by atoms with E-state index in [4.69, 9.17) is 4.74 Å². The average molecular weight is 437 g/mol. The number of ether oxygens (including phenoxy) is 1. The molecule has 2 aromatic carbocycles. The van der Waals surface area contributed by atoms with Gasteiger partial charge in [0.1, 0.15) is 0 Å². The summed E-state index contributed by atoms with van der Waals surface area (Å²) in [5, 5.41) is 11.3. The molecule has 1 aliphatic rings. The summed E-state index contributed by atoms with van der Waals surface area (Å²) in [5.74, 6) is -1.07. The van der Waals surface area contributed by atoms with Gasteiger partial charge in [0.2, 0.25) is 5.91 Å². The lowest BCUT2D eigenvalue weighted by Gasteiger charge is -2.34. The minimum Gasteiger partial charge on any atom is -0.462 e. The highest BCUT2D eigenvalue weighted by atomic mass is 16.6. The number of hydrogen-bond donors (Lipinski definition) is 0. The molecule has 0 saturated carbocycles. The molecule has 0 unspecified atom stereocenters. The molecule has 0 aliphatic carbocycles. The zero-order chi connectivity index (χ0) is 23.4. The first-order chi connectivity index (χ1) is 15.2. The Kier molecular flexibility index (Phi) is 7.08. The minimum absolute atomic E-state index is 0.0381. The summed E-state index contributed by atoms with van der Waals surface area (Å²) >= 11 is 0. The van der Waals surface area contributed by atoms with Gasteiger partial charge in [0.15, 0.2) is 0 Å². The van der Waals surface area contributed by atoms with Gasteiger partial charge in [0.25, 0.3) is 5.69 Å². The number of nitro groups is 1. The lowest BCUT2D eigenvalue weighted by atomic mass is 9.83. The maximum Gasteiger partial charge on any atom is 0.336 e. The Morgan fingerprint density at radius 1 is 1.19 bits per heavy atom. The molecule has 0 fully saturated rings. The van der Waals surface area contributed by atoms with Crippen LogP contribution in [0, 0.1) is 23.0 Å². The summed E-state index contributed by atoms with van der Waals surface area (Å²) < 4.78 is 5.53. The lowest BCUT2D eigenvalue weighted by Crippen LogP contribution is -2.38. The SMILES string of the molecule is CC1=C(C(=O)OCC(C)C)[C@@H](c2cccc([N+](=O)[O-])c2)CC(=O)N1Cc1cccc(C)c1. The predicted molar refractivity (Wildman–Crippen MR) is 121 cm³/mol. The van der Waals surface area contributed by atoms with E-state index in [-0.39, 0.29) is 30.5 Å². The molecule has 1 atom stereocenters. The zero-order valence-electron chi connectivity index (χ0n) is 18.8. The molecule has 0 N–H and O–H groups in total. The smallest absolute Gasteiger partial charge is 0.336 e. The van der Waals surface area contributed by atoms with E-state index in [0.29, 0.717) is 23.4 Å². The van der Waals surface area contributed by atoms with Crippen LogP contribution in [-0.4, -0.2) is 28.3 Å². The van der Waals surface area contributed by atoms with Gasteiger partial charge in [-0.2, -0.15) is 0 Å². The number of carbonyl (C=O) groups is 2. The molecule has 0 spiro atoms. The van der Waals surface area contributed by atoms with E-state index in [9.17, 15) is 19.7 Å². The van der Waals surface area contributed by atoms with E-state index in [1.54, 1.807) is 24.0 Å². The number of benzene rings is 2. The second kappa shape index (κ2) is 9.77. The minimum atomic E-state index is -0.601. The van der Waals surface area contributed by atoms with E-state index < -0.39 is 16.8 Å². The van der Waals surface area contributed by atoms with E-state index in [0.717, 1.165) is 11.1 Å². The highest BCUT2D eigenvalue weighted by Crippen LogP contribution is 2.38. The molecule has 1 amide bonds. The van der Waals surface area contributed by atoms with Gasteiger partial charge in [0.05, 0.1) is 23.6 Å². The van der Waals surface area contributed by atoms with Crippen molar-refractivity contribution in [3.63, 3.8) is 0 Å². The van der Waals surface area contributed by atoms with E-state index in [1.807, 2.05) is 45.0 Å². The molecule has 7 nitrogen and oxygen atoms in total. The number of amides is 1. The standard InChI is InChI=1S/C25H28N2O5/c1-16(2)15-32-25(29)24-18(4)26(14-19-8-5-7-17(3)11-19)23(28)13-22(24)20-9-6-10-21(12-20)27(30)31/h5-12,16,22H,13-15H2,1-4H3/t22-/m1/s1. The van der Waals surface area contributed by atoms with Crippen molar-refractivity contribution >= 4 is 17.6 Å². The van der Waals surface area contributed by atoms with Gasteiger partial charge in [0, 0.05) is 30.2 Å². The predicted octanol–water partition coefficient (Wildman–Crippen LogP) is 4.89. The monoisotopic (exact) mass is 436 g/mol. The number of esters is 1. The highest BCUT2D eigenvalue weighted by Gasteiger charge is 2.37. The van der Waals surface area contributed by atoms with Gasteiger partial charge in [-0.3, -0.25) is 14.9 Å². The highest BCUT2D eigenvalue weighted by molar-refractivity contribution is 5.96. The van der Waals surface area contributed by atoms with Crippen LogP contribution in [0.5, 0.6) is 0 Å². The van der Waals surface area contributed by atoms with Crippen molar-refractivity contribution in [2.45, 2.75) is 46.6 Å². The maximum atomic E-state index is 13.1. The van der Waals surface area contributed by atoms with Gasteiger partial charge in [-0.1, -0.05) is 55.8 Å². The zero-order valence-corrected chi connectivity index (χ0v) is 18.8. The van der Waals surface area contributed by atoms with Crippen LogP contribution in [0.1, 0.15) is 49.8 Å². The molecule has 0 radical (unpaired) electrons. The van der Waals surface area contributed by atoms with Crippen LogP contribution in [0.2, 0.25) is 0 Å². The maximum absolute atomic E-state index is 13.1. The molecule has 0 aromatic heterocycles. The first-order valence-corrected chi connectivity index (χ1v) is 10.7. The van der Waals surface area contributed by atoms with Crippen LogP contribution in [0.3, 0.4) is 0 Å². The Bertz CT molecular complexity index is 1070. The van der Waals surface area contributed by atoms with E-state index >= 15 is 0 Å². The van der Waals surface area contributed by atoms with Crippen molar-refractivity contribution in [1.29, 1.82) is 0 Å². The number of aryl methyl sites for hydroxylation is 1. The number of non-ortho nitro benzene ring substituents is 1. The number of nitrogens with zero attached hydrogens (tertiary/aromatic N) is 2. The van der Waals surface area contributed by atoms with Gasteiger partial charge in [-0.05, 0) is 30.9 Å². The normalized spacial score (nSPS) is 16.5. The summed E-state index contributed by atoms with van der Waals surface area (Å²) in [6, 6.07) is 14.0. The molecule has 1 aliphatic heterocycles. The van der Waals surface area contributed by atoms with Gasteiger partial charge in [-0.15, -0.1) is 0 Å². The summed E-state index contributed by atoms with van der Waals surface area (Å²) in [7, 11) is 0. The van der Waals surface area contributed by atoms with E-state index in [1.165, 1.54) is 12.1 Å². The number of carbonyl (C=O) groups excluding carboxylic acids is 2. The molecular formula is C25H28N2O5. The van der Waals surface area contributed by atoms with Crippen molar-refractivity contribution in [1.82, 2.24) is 4.90 Å². The van der Waals surface area contributed by atoms with Gasteiger partial charge >= 0.3 is 5.97 Å². The van der Waals surface area contributed by atoms with Gasteiger partial charge in [-0.25, -0.2) is 4.79 Å². The van der Waals surface area contributed by atoms with Crippen LogP contribution in [0.25, 0.3) is 0 Å². The van der Waals surface area contributed by atoms with Crippen LogP contribution in [0.4, 0.5) is 5.69 Å². The molecule has 0 saturated heterocycles. The first-order valence-electron chi connectivity index (χ1n) is 10.7. The second-order valence-electron chi connectivity index (χ2n) is 8.57. The van der Waals surface area contributed by atoms with Crippen LogP contribution in [-0.2, 0) is 20.9 Å². The number of allylic oxidation sites excluding steroid dienone is 1. The molecular weight excluding hydrogens is 408 g/mol. The molecule has 7 heteroatoms. The van der Waals surface area contributed by atoms with E-state index in [2.05, 4.69) is 0 Å². The fraction of sp³-hybridized carbons (Fsp3) is 0.360. The quantitative estimate of drug-likeness (QED) is 0.350. The van der Waals surface area contributed by atoms with Crippen molar-refractivity contribution in [3.8, 4) is 0 Å². The largest absolute Gasteiger partial charge is 0.462 e. The average Bonchev–Trinajstić information content (AvgIpc) is 2.74. The van der Waals surface area contributed by atoms with Crippen LogP contribution < -0.4 is 0 Å². The fourth-order valence-corrected chi connectivity index (χ4v) is 3.92. The molecule has 3 rings (SSSR count). The molecule has 0 bridgehead atoms. The summed E-state index contributed by atoms with van der Waals surface area (Å²) in [4.78, 5) is 38.7. The van der Waals surface area contributed by atoms with Crippen molar-refractivity contribution < 1.29 is 19.2 Å². The van der Waals surface area contributed by atoms with Crippen LogP contribution in [0.15, 0.2) is 59.8 Å². The molecule has 2 aromatic rings. The first kappa shape index (κ1) is 23.2.